The lowest BCUT2D eigenvalue weighted by atomic mass is 10.1. The number of ether oxygens (including phenoxy) is 2. The Morgan fingerprint density at radius 2 is 1.81 bits per heavy atom. The smallest absolute Gasteiger partial charge is 0.446 e. The fourth-order valence-electron chi connectivity index (χ4n) is 2.71. The molecule has 0 radical (unpaired) electrons. The number of carbonyl (C=O) groups is 1. The Kier molecular flexibility index (Phi) is 9.86. The van der Waals surface area contributed by atoms with Gasteiger partial charge in [-0.2, -0.15) is 24.9 Å². The van der Waals surface area contributed by atoms with Crippen molar-refractivity contribution in [2.24, 2.45) is 5.73 Å². The third-order valence-electron chi connectivity index (χ3n) is 4.29. The van der Waals surface area contributed by atoms with Gasteiger partial charge in [-0.25, -0.2) is 0 Å². The minimum Gasteiger partial charge on any atom is -0.493 e. The van der Waals surface area contributed by atoms with E-state index >= 15 is 0 Å². The molecule has 0 spiro atoms. The van der Waals surface area contributed by atoms with Crippen LogP contribution in [0.1, 0.15) is 17.5 Å². The van der Waals surface area contributed by atoms with Gasteiger partial charge in [0.05, 0.1) is 13.2 Å². The number of hydrogen-bond acceptors (Lipinski definition) is 6. The van der Waals surface area contributed by atoms with Gasteiger partial charge in [-0.15, -0.1) is 0 Å². The van der Waals surface area contributed by atoms with E-state index in [0.717, 1.165) is 16.9 Å². The number of halogens is 3. The molecule has 31 heavy (non-hydrogen) atoms. The van der Waals surface area contributed by atoms with Gasteiger partial charge < -0.3 is 20.5 Å². The molecule has 2 rings (SSSR count). The monoisotopic (exact) mass is 474 g/mol. The van der Waals surface area contributed by atoms with E-state index in [9.17, 15) is 18.0 Å². The number of amides is 1. The summed E-state index contributed by atoms with van der Waals surface area (Å²) in [5.41, 5.74) is 2.76. The first-order valence-corrected chi connectivity index (χ1v) is 11.6. The molecule has 0 fully saturated rings. The van der Waals surface area contributed by atoms with Gasteiger partial charge in [0.2, 0.25) is 5.91 Å². The van der Waals surface area contributed by atoms with Crippen molar-refractivity contribution in [3.8, 4) is 11.5 Å². The number of primary amides is 1. The highest BCUT2D eigenvalue weighted by Gasteiger charge is 2.29. The van der Waals surface area contributed by atoms with Crippen LogP contribution < -0.4 is 20.5 Å². The highest BCUT2D eigenvalue weighted by Crippen LogP contribution is 2.37. The maximum absolute atomic E-state index is 12.4. The molecule has 0 aliphatic rings. The molecule has 2 aromatic rings. The van der Waals surface area contributed by atoms with Gasteiger partial charge in [-0.1, -0.05) is 18.2 Å². The zero-order valence-electron chi connectivity index (χ0n) is 17.2. The number of nitrogens with one attached hydrogen (secondary N) is 1. The molecular formula is C21H25F3N2O3S2. The summed E-state index contributed by atoms with van der Waals surface area (Å²) in [7, 11) is 1.52. The quantitative estimate of drug-likeness (QED) is 0.439. The van der Waals surface area contributed by atoms with Gasteiger partial charge in [0.25, 0.3) is 0 Å². The minimum absolute atomic E-state index is 0.123. The molecule has 0 heterocycles. The lowest BCUT2D eigenvalue weighted by Crippen LogP contribution is -2.41. The highest BCUT2D eigenvalue weighted by molar-refractivity contribution is 8.00. The summed E-state index contributed by atoms with van der Waals surface area (Å²) in [4.78, 5) is 11.7. The molecule has 170 valence electrons. The Balaban J connectivity index is 1.96. The Bertz CT molecular complexity index is 849. The van der Waals surface area contributed by atoms with Crippen LogP contribution in [0.4, 0.5) is 13.2 Å². The van der Waals surface area contributed by atoms with E-state index in [0.29, 0.717) is 24.5 Å². The average molecular weight is 475 g/mol. The zero-order valence-corrected chi connectivity index (χ0v) is 18.8. The summed E-state index contributed by atoms with van der Waals surface area (Å²) in [5, 5.41) is 3.15. The standard InChI is InChI=1S/C21H25F3N2O3S2/c1-28-19-11-15(12-26-17(20(25)27)9-10-30-2)5-8-18(19)29-13-14-3-6-16(7-4-14)31-21(22,23)24/h3-8,11,17,26H,9-10,12-13H2,1-2H3,(H2,25,27). The van der Waals surface area contributed by atoms with Crippen molar-refractivity contribution < 1.29 is 27.4 Å². The first-order valence-electron chi connectivity index (χ1n) is 9.38. The second kappa shape index (κ2) is 12.1. The molecule has 0 aliphatic heterocycles. The number of alkyl halides is 3. The van der Waals surface area contributed by atoms with E-state index in [1.165, 1.54) is 19.2 Å². The van der Waals surface area contributed by atoms with Crippen LogP contribution in [0.25, 0.3) is 0 Å². The SMILES string of the molecule is COc1cc(CNC(CCSC)C(N)=O)ccc1OCc1ccc(SC(F)(F)F)cc1. The van der Waals surface area contributed by atoms with Crippen LogP contribution in [0, 0.1) is 0 Å². The van der Waals surface area contributed by atoms with Crippen LogP contribution in [0.15, 0.2) is 47.4 Å². The van der Waals surface area contributed by atoms with Crippen LogP contribution >= 0.6 is 23.5 Å². The molecule has 0 aromatic heterocycles. The topological polar surface area (TPSA) is 73.6 Å². The van der Waals surface area contributed by atoms with E-state index in [1.807, 2.05) is 12.3 Å². The molecule has 5 nitrogen and oxygen atoms in total. The molecular weight excluding hydrogens is 449 g/mol. The summed E-state index contributed by atoms with van der Waals surface area (Å²) >= 11 is 1.50. The largest absolute Gasteiger partial charge is 0.493 e. The Morgan fingerprint density at radius 1 is 1.13 bits per heavy atom. The molecule has 0 bridgehead atoms. The Hall–Kier alpha value is -2.04. The number of nitrogens with two attached hydrogens (primary N) is 1. The van der Waals surface area contributed by atoms with E-state index in [1.54, 1.807) is 36.0 Å². The van der Waals surface area contributed by atoms with Gasteiger partial charge >= 0.3 is 5.51 Å². The highest BCUT2D eigenvalue weighted by atomic mass is 32.2. The number of benzene rings is 2. The summed E-state index contributed by atoms with van der Waals surface area (Å²) in [6, 6.07) is 11.0. The van der Waals surface area contributed by atoms with Crippen LogP contribution in [0.3, 0.4) is 0 Å². The van der Waals surface area contributed by atoms with Crippen molar-refractivity contribution in [2.75, 3.05) is 19.1 Å². The second-order valence-corrected chi connectivity index (χ2v) is 8.71. The number of rotatable bonds is 12. The van der Waals surface area contributed by atoms with Gasteiger partial charge in [-0.3, -0.25) is 4.79 Å². The molecule has 2 aromatic carbocycles. The lowest BCUT2D eigenvalue weighted by Gasteiger charge is -2.16. The van der Waals surface area contributed by atoms with Crippen molar-refractivity contribution in [1.82, 2.24) is 5.32 Å². The van der Waals surface area contributed by atoms with Gasteiger partial charge in [-0.05, 0) is 65.6 Å². The van der Waals surface area contributed by atoms with Crippen molar-refractivity contribution >= 4 is 29.4 Å². The maximum atomic E-state index is 12.4. The summed E-state index contributed by atoms with van der Waals surface area (Å²) in [6.07, 6.45) is 2.62. The van der Waals surface area contributed by atoms with Crippen LogP contribution in [0.5, 0.6) is 11.5 Å². The summed E-state index contributed by atoms with van der Waals surface area (Å²) in [6.45, 7) is 0.625. The fraction of sp³-hybridized carbons (Fsp3) is 0.381. The number of methoxy groups -OCH3 is 1. The number of carbonyl (C=O) groups excluding carboxylic acids is 1. The van der Waals surface area contributed by atoms with Crippen LogP contribution in [-0.2, 0) is 17.9 Å². The Labute approximate surface area is 188 Å². The van der Waals surface area contributed by atoms with Crippen molar-refractivity contribution in [3.63, 3.8) is 0 Å². The van der Waals surface area contributed by atoms with Gasteiger partial charge in [0.1, 0.15) is 6.61 Å². The van der Waals surface area contributed by atoms with Crippen molar-refractivity contribution in [1.29, 1.82) is 0 Å². The van der Waals surface area contributed by atoms with Crippen molar-refractivity contribution in [3.05, 3.63) is 53.6 Å². The number of hydrogen-bond donors (Lipinski definition) is 2. The molecule has 0 saturated heterocycles. The first kappa shape index (κ1) is 25.2. The van der Waals surface area contributed by atoms with Crippen LogP contribution in [0.2, 0.25) is 0 Å². The van der Waals surface area contributed by atoms with E-state index in [-0.39, 0.29) is 29.2 Å². The van der Waals surface area contributed by atoms with Gasteiger partial charge in [0, 0.05) is 11.4 Å². The molecule has 0 saturated carbocycles. The van der Waals surface area contributed by atoms with Crippen molar-refractivity contribution in [2.45, 2.75) is 36.0 Å². The first-order chi connectivity index (χ1) is 14.7. The van der Waals surface area contributed by atoms with Gasteiger partial charge in [0.15, 0.2) is 11.5 Å². The predicted molar refractivity (Wildman–Crippen MR) is 119 cm³/mol. The predicted octanol–water partition coefficient (Wildman–Crippen LogP) is 4.58. The zero-order chi connectivity index (χ0) is 22.9. The molecule has 3 N–H and O–H groups in total. The van der Waals surface area contributed by atoms with Crippen LogP contribution in [-0.4, -0.2) is 36.6 Å². The third kappa shape index (κ3) is 8.92. The fourth-order valence-corrected chi connectivity index (χ4v) is 3.72. The lowest BCUT2D eigenvalue weighted by molar-refractivity contribution is -0.120. The Morgan fingerprint density at radius 3 is 2.39 bits per heavy atom. The third-order valence-corrected chi connectivity index (χ3v) is 5.67. The molecule has 0 aliphatic carbocycles. The van der Waals surface area contributed by atoms with E-state index in [2.05, 4.69) is 5.32 Å². The molecule has 1 amide bonds. The molecule has 1 unspecified atom stereocenters. The molecule has 1 atom stereocenters. The summed E-state index contributed by atoms with van der Waals surface area (Å²) in [5.74, 6) is 1.46. The normalized spacial score (nSPS) is 12.4. The second-order valence-electron chi connectivity index (χ2n) is 6.58. The van der Waals surface area contributed by atoms with E-state index < -0.39 is 11.6 Å². The summed E-state index contributed by atoms with van der Waals surface area (Å²) < 4.78 is 48.4. The average Bonchev–Trinajstić information content (AvgIpc) is 2.72. The maximum Gasteiger partial charge on any atom is 0.446 e. The van der Waals surface area contributed by atoms with E-state index in [4.69, 9.17) is 15.2 Å². The minimum atomic E-state index is -4.31. The number of thioether (sulfide) groups is 2. The molecule has 10 heteroatoms.